The Morgan fingerprint density at radius 1 is 1.13 bits per heavy atom. The smallest absolute Gasteiger partial charge is 0.434 e. The van der Waals surface area contributed by atoms with E-state index >= 15 is 0 Å². The van der Waals surface area contributed by atoms with Crippen molar-refractivity contribution in [3.8, 4) is 0 Å². The number of fused-ring (bicyclic) bond motifs is 2. The fourth-order valence-corrected chi connectivity index (χ4v) is 5.34. The molecule has 0 aromatic heterocycles. The summed E-state index contributed by atoms with van der Waals surface area (Å²) in [6.45, 7) is 9.59. The van der Waals surface area contributed by atoms with Crippen LogP contribution in [0.2, 0.25) is 0 Å². The van der Waals surface area contributed by atoms with E-state index in [-0.39, 0.29) is 29.6 Å². The number of rotatable bonds is 4. The molecule has 6 nitrogen and oxygen atoms in total. The summed E-state index contributed by atoms with van der Waals surface area (Å²) in [5.41, 5.74) is 4.44. The Morgan fingerprint density at radius 3 is 2.43 bits per heavy atom. The second-order valence-corrected chi connectivity index (χ2v) is 8.82. The molecule has 2 atom stereocenters. The summed E-state index contributed by atoms with van der Waals surface area (Å²) in [7, 11) is 1.68. The van der Waals surface area contributed by atoms with E-state index in [1.165, 1.54) is 5.56 Å². The van der Waals surface area contributed by atoms with E-state index in [1.807, 2.05) is 18.9 Å². The van der Waals surface area contributed by atoms with E-state index < -0.39 is 6.16 Å². The van der Waals surface area contributed by atoms with Crippen molar-refractivity contribution in [1.29, 1.82) is 0 Å². The van der Waals surface area contributed by atoms with Gasteiger partial charge < -0.3 is 14.3 Å². The first-order valence-electron chi connectivity index (χ1n) is 10.8. The molecule has 1 saturated heterocycles. The molecule has 3 aliphatic rings. The van der Waals surface area contributed by atoms with Gasteiger partial charge in [0.15, 0.2) is 5.78 Å². The van der Waals surface area contributed by atoms with E-state index in [1.54, 1.807) is 14.0 Å². The third kappa shape index (κ3) is 3.36. The molecule has 1 heterocycles. The Morgan fingerprint density at radius 2 is 1.80 bits per heavy atom. The molecule has 0 N–H and O–H groups in total. The molecule has 30 heavy (non-hydrogen) atoms. The minimum absolute atomic E-state index is 0.0182. The predicted octanol–water partition coefficient (Wildman–Crippen LogP) is 4.36. The molecule has 6 heteroatoms. The fourth-order valence-electron chi connectivity index (χ4n) is 5.34. The van der Waals surface area contributed by atoms with E-state index in [9.17, 15) is 9.59 Å². The summed E-state index contributed by atoms with van der Waals surface area (Å²) < 4.78 is 11.0. The Balaban J connectivity index is 1.88. The van der Waals surface area contributed by atoms with Gasteiger partial charge in [-0.1, -0.05) is 12.1 Å². The number of allylic oxidation sites excluding steroid dienone is 2. The average Bonchev–Trinajstić information content (AvgIpc) is 3.52. The second-order valence-electron chi connectivity index (χ2n) is 8.82. The molecule has 1 saturated carbocycles. The van der Waals surface area contributed by atoms with Crippen LogP contribution < -0.4 is 0 Å². The van der Waals surface area contributed by atoms with Crippen molar-refractivity contribution < 1.29 is 23.9 Å². The summed E-state index contributed by atoms with van der Waals surface area (Å²) in [5, 5.41) is 1.93. The second kappa shape index (κ2) is 7.82. The Bertz CT molecular complexity index is 910. The molecule has 1 aliphatic heterocycles. The molecule has 2 fully saturated rings. The lowest BCUT2D eigenvalue weighted by Crippen LogP contribution is -2.45. The number of carbonyl (C=O) groups is 2. The van der Waals surface area contributed by atoms with Crippen molar-refractivity contribution in [1.82, 2.24) is 5.06 Å². The fraction of sp³-hybridized carbons (Fsp3) is 0.583. The van der Waals surface area contributed by atoms with Crippen molar-refractivity contribution in [3.05, 3.63) is 40.1 Å². The standard InChI is InChI=1S/C24H31NO5/c1-6-29-23(27)30-22-20(17-12-15(3)14(2)11-16(17)4)21(26)18-13-19(18)24(22)7-9-25(28-5)10-8-24/h11-12,18-19H,6-10,13H2,1-5H3. The molecular weight excluding hydrogens is 382 g/mol. The maximum atomic E-state index is 13.5. The lowest BCUT2D eigenvalue weighted by molar-refractivity contribution is -0.161. The Labute approximate surface area is 178 Å². The normalized spacial score (nSPS) is 25.3. The number of hydroxylamine groups is 2. The largest absolute Gasteiger partial charge is 0.513 e. The van der Waals surface area contributed by atoms with Gasteiger partial charge in [0.2, 0.25) is 0 Å². The van der Waals surface area contributed by atoms with Gasteiger partial charge in [0, 0.05) is 24.4 Å². The zero-order chi connectivity index (χ0) is 21.6. The van der Waals surface area contributed by atoms with E-state index in [0.29, 0.717) is 11.3 Å². The Hall–Kier alpha value is -2.18. The van der Waals surface area contributed by atoms with Gasteiger partial charge in [-0.3, -0.25) is 4.79 Å². The average molecular weight is 414 g/mol. The highest BCUT2D eigenvalue weighted by molar-refractivity contribution is 6.25. The molecular formula is C24H31NO5. The van der Waals surface area contributed by atoms with Gasteiger partial charge in [-0.15, -0.1) is 0 Å². The highest BCUT2D eigenvalue weighted by Gasteiger charge is 2.64. The lowest BCUT2D eigenvalue weighted by atomic mass is 9.66. The van der Waals surface area contributed by atoms with Gasteiger partial charge in [-0.05, 0) is 75.1 Å². The molecule has 0 radical (unpaired) electrons. The number of ketones is 1. The molecule has 2 unspecified atom stereocenters. The van der Waals surface area contributed by atoms with Crippen molar-refractivity contribution >= 4 is 17.5 Å². The summed E-state index contributed by atoms with van der Waals surface area (Å²) >= 11 is 0. The van der Waals surface area contributed by atoms with E-state index in [2.05, 4.69) is 19.1 Å². The summed E-state index contributed by atoms with van der Waals surface area (Å²) in [6.07, 6.45) is 1.70. The van der Waals surface area contributed by atoms with Gasteiger partial charge in [-0.25, -0.2) is 4.79 Å². The van der Waals surface area contributed by atoms with Crippen LogP contribution in [0.3, 0.4) is 0 Å². The van der Waals surface area contributed by atoms with Crippen LogP contribution >= 0.6 is 0 Å². The van der Waals surface area contributed by atoms with Crippen LogP contribution in [0.25, 0.3) is 5.57 Å². The van der Waals surface area contributed by atoms with Gasteiger partial charge >= 0.3 is 6.16 Å². The third-order valence-corrected chi connectivity index (χ3v) is 7.19. The molecule has 0 amide bonds. The lowest BCUT2D eigenvalue weighted by Gasteiger charge is -2.44. The number of hydrogen-bond acceptors (Lipinski definition) is 6. The molecule has 1 spiro atoms. The quantitative estimate of drug-likeness (QED) is 0.684. The van der Waals surface area contributed by atoms with Crippen LogP contribution in [-0.4, -0.2) is 43.8 Å². The zero-order valence-electron chi connectivity index (χ0n) is 18.5. The van der Waals surface area contributed by atoms with E-state index in [0.717, 1.165) is 49.0 Å². The first kappa shape index (κ1) is 21.1. The number of ether oxygens (including phenoxy) is 2. The van der Waals surface area contributed by atoms with Gasteiger partial charge in [0.05, 0.1) is 19.3 Å². The number of hydrogen-bond donors (Lipinski definition) is 0. The van der Waals surface area contributed by atoms with Crippen LogP contribution in [0.1, 0.15) is 48.4 Å². The van der Waals surface area contributed by atoms with Crippen LogP contribution in [0, 0.1) is 38.0 Å². The van der Waals surface area contributed by atoms with Crippen LogP contribution in [0.15, 0.2) is 17.9 Å². The van der Waals surface area contributed by atoms with Gasteiger partial charge in [-0.2, -0.15) is 5.06 Å². The maximum absolute atomic E-state index is 13.5. The monoisotopic (exact) mass is 413 g/mol. The number of piperidine rings is 1. The summed E-state index contributed by atoms with van der Waals surface area (Å²) in [6, 6.07) is 4.17. The van der Waals surface area contributed by atoms with E-state index in [4.69, 9.17) is 14.3 Å². The molecule has 162 valence electrons. The topological polar surface area (TPSA) is 65.1 Å². The van der Waals surface area contributed by atoms with Crippen molar-refractivity contribution in [2.24, 2.45) is 17.3 Å². The minimum atomic E-state index is -0.730. The first-order valence-corrected chi connectivity index (χ1v) is 10.8. The Kier molecular flexibility index (Phi) is 5.49. The predicted molar refractivity (Wildman–Crippen MR) is 113 cm³/mol. The van der Waals surface area contributed by atoms with Crippen LogP contribution in [-0.2, 0) is 19.1 Å². The van der Waals surface area contributed by atoms with Crippen molar-refractivity contribution in [2.75, 3.05) is 26.8 Å². The minimum Gasteiger partial charge on any atom is -0.434 e. The van der Waals surface area contributed by atoms with Crippen LogP contribution in [0.5, 0.6) is 0 Å². The number of benzene rings is 1. The van der Waals surface area contributed by atoms with Gasteiger partial charge in [0.1, 0.15) is 5.76 Å². The highest BCUT2D eigenvalue weighted by atomic mass is 16.7. The van der Waals surface area contributed by atoms with Crippen molar-refractivity contribution in [3.63, 3.8) is 0 Å². The zero-order valence-corrected chi connectivity index (χ0v) is 18.5. The molecule has 1 aromatic carbocycles. The number of Topliss-reactive ketones (excluding diaryl/α,β-unsaturated/α-hetero) is 1. The summed E-state index contributed by atoms with van der Waals surface area (Å²) in [4.78, 5) is 31.4. The molecule has 1 aromatic rings. The number of nitrogens with zero attached hydrogens (tertiary/aromatic N) is 1. The van der Waals surface area contributed by atoms with Crippen LogP contribution in [0.4, 0.5) is 4.79 Å². The number of carbonyl (C=O) groups excluding carboxylic acids is 2. The molecule has 0 bridgehead atoms. The first-order chi connectivity index (χ1) is 14.3. The van der Waals surface area contributed by atoms with Gasteiger partial charge in [0.25, 0.3) is 0 Å². The highest BCUT2D eigenvalue weighted by Crippen LogP contribution is 2.65. The SMILES string of the molecule is CCOC(=O)OC1=C(c2cc(C)c(C)cc2C)C(=O)C2CC2C12CCN(OC)CC2. The summed E-state index contributed by atoms with van der Waals surface area (Å²) in [5.74, 6) is 0.867. The maximum Gasteiger partial charge on any atom is 0.513 e. The van der Waals surface area contributed by atoms with Crippen molar-refractivity contribution in [2.45, 2.75) is 47.0 Å². The molecule has 4 rings (SSSR count). The third-order valence-electron chi connectivity index (χ3n) is 7.19. The molecule has 2 aliphatic carbocycles. The number of aryl methyl sites for hydroxylation is 3.